The number of aromatic nitrogens is 1. The first-order chi connectivity index (χ1) is 13.4. The standard InChI is InChI=1S/C19H22N4O4S/c1-14(24)21-15-5-7-17(8-6-15)28(26,27)23-12-9-16(10-13-23)22-19(25)18-4-2-3-11-20-18/h2-8,11,16H,9-10,12-13H2,1H3,(H,21,24)(H,22,25). The molecule has 148 valence electrons. The van der Waals surface area contributed by atoms with Crippen molar-refractivity contribution in [2.24, 2.45) is 0 Å². The number of hydrogen-bond acceptors (Lipinski definition) is 5. The second kappa shape index (κ2) is 8.49. The average Bonchev–Trinajstić information content (AvgIpc) is 2.69. The molecular weight excluding hydrogens is 380 g/mol. The van der Waals surface area contributed by atoms with E-state index in [1.54, 1.807) is 36.5 Å². The molecule has 2 amide bonds. The fourth-order valence-electron chi connectivity index (χ4n) is 3.06. The predicted molar refractivity (Wildman–Crippen MR) is 104 cm³/mol. The van der Waals surface area contributed by atoms with Crippen molar-refractivity contribution in [3.8, 4) is 0 Å². The molecule has 3 rings (SSSR count). The van der Waals surface area contributed by atoms with Gasteiger partial charge in [0.2, 0.25) is 15.9 Å². The topological polar surface area (TPSA) is 108 Å². The minimum Gasteiger partial charge on any atom is -0.348 e. The number of sulfonamides is 1. The van der Waals surface area contributed by atoms with Gasteiger partial charge in [-0.3, -0.25) is 14.6 Å². The van der Waals surface area contributed by atoms with E-state index in [0.29, 0.717) is 37.3 Å². The monoisotopic (exact) mass is 402 g/mol. The lowest BCUT2D eigenvalue weighted by Gasteiger charge is -2.31. The van der Waals surface area contributed by atoms with E-state index in [4.69, 9.17) is 0 Å². The highest BCUT2D eigenvalue weighted by Crippen LogP contribution is 2.22. The summed E-state index contributed by atoms with van der Waals surface area (Å²) in [4.78, 5) is 27.5. The lowest BCUT2D eigenvalue weighted by molar-refractivity contribution is -0.114. The number of carbonyl (C=O) groups is 2. The number of carbonyl (C=O) groups excluding carboxylic acids is 2. The summed E-state index contributed by atoms with van der Waals surface area (Å²) in [6.07, 6.45) is 2.62. The lowest BCUT2D eigenvalue weighted by atomic mass is 10.1. The quantitative estimate of drug-likeness (QED) is 0.790. The van der Waals surface area contributed by atoms with Gasteiger partial charge in [0.15, 0.2) is 0 Å². The van der Waals surface area contributed by atoms with Gasteiger partial charge in [-0.25, -0.2) is 8.42 Å². The maximum absolute atomic E-state index is 12.8. The van der Waals surface area contributed by atoms with E-state index in [-0.39, 0.29) is 22.8 Å². The Labute approximate surface area is 164 Å². The van der Waals surface area contributed by atoms with Crippen LogP contribution in [0.5, 0.6) is 0 Å². The molecule has 1 aromatic heterocycles. The van der Waals surface area contributed by atoms with E-state index >= 15 is 0 Å². The Balaban J connectivity index is 1.59. The predicted octanol–water partition coefficient (Wildman–Crippen LogP) is 1.62. The van der Waals surface area contributed by atoms with Crippen LogP contribution >= 0.6 is 0 Å². The zero-order chi connectivity index (χ0) is 20.1. The molecule has 1 saturated heterocycles. The molecule has 1 fully saturated rings. The Morgan fingerprint density at radius 2 is 1.75 bits per heavy atom. The second-order valence-corrected chi connectivity index (χ2v) is 8.51. The number of anilines is 1. The third-order valence-electron chi connectivity index (χ3n) is 4.50. The minimum atomic E-state index is -3.62. The first-order valence-electron chi connectivity index (χ1n) is 8.96. The van der Waals surface area contributed by atoms with Gasteiger partial charge in [0.25, 0.3) is 5.91 Å². The SMILES string of the molecule is CC(=O)Nc1ccc(S(=O)(=O)N2CCC(NC(=O)c3ccccn3)CC2)cc1. The molecule has 2 N–H and O–H groups in total. The largest absolute Gasteiger partial charge is 0.348 e. The molecular formula is C19H22N4O4S. The van der Waals surface area contributed by atoms with Gasteiger partial charge in [-0.15, -0.1) is 0 Å². The van der Waals surface area contributed by atoms with Gasteiger partial charge < -0.3 is 10.6 Å². The molecule has 1 aliphatic heterocycles. The summed E-state index contributed by atoms with van der Waals surface area (Å²) in [5.74, 6) is -0.471. The van der Waals surface area contributed by atoms with E-state index in [1.807, 2.05) is 0 Å². The van der Waals surface area contributed by atoms with E-state index in [1.165, 1.54) is 23.4 Å². The number of nitrogens with zero attached hydrogens (tertiary/aromatic N) is 2. The third kappa shape index (κ3) is 4.73. The van der Waals surface area contributed by atoms with E-state index < -0.39 is 10.0 Å². The molecule has 1 aromatic carbocycles. The van der Waals surface area contributed by atoms with Crippen LogP contribution in [0, 0.1) is 0 Å². The van der Waals surface area contributed by atoms with Crippen LogP contribution < -0.4 is 10.6 Å². The molecule has 9 heteroatoms. The van der Waals surface area contributed by atoms with Crippen LogP contribution in [0.3, 0.4) is 0 Å². The molecule has 0 bridgehead atoms. The van der Waals surface area contributed by atoms with Gasteiger partial charge in [-0.1, -0.05) is 6.07 Å². The van der Waals surface area contributed by atoms with Crippen molar-refractivity contribution in [3.63, 3.8) is 0 Å². The van der Waals surface area contributed by atoms with Crippen molar-refractivity contribution < 1.29 is 18.0 Å². The highest BCUT2D eigenvalue weighted by Gasteiger charge is 2.30. The fourth-order valence-corrected chi connectivity index (χ4v) is 4.53. The summed E-state index contributed by atoms with van der Waals surface area (Å²) < 4.78 is 27.0. The van der Waals surface area contributed by atoms with Crippen LogP contribution in [0.25, 0.3) is 0 Å². The zero-order valence-corrected chi connectivity index (χ0v) is 16.3. The number of piperidine rings is 1. The second-order valence-electron chi connectivity index (χ2n) is 6.57. The van der Waals surface area contributed by atoms with Crippen LogP contribution in [0.4, 0.5) is 5.69 Å². The summed E-state index contributed by atoms with van der Waals surface area (Å²) >= 11 is 0. The summed E-state index contributed by atoms with van der Waals surface area (Å²) in [5.41, 5.74) is 0.888. The summed E-state index contributed by atoms with van der Waals surface area (Å²) in [7, 11) is -3.62. The summed E-state index contributed by atoms with van der Waals surface area (Å²) in [6.45, 7) is 2.04. The molecule has 0 radical (unpaired) electrons. The van der Waals surface area contributed by atoms with E-state index in [2.05, 4.69) is 15.6 Å². The molecule has 0 unspecified atom stereocenters. The normalized spacial score (nSPS) is 15.8. The first-order valence-corrected chi connectivity index (χ1v) is 10.4. The Morgan fingerprint density at radius 3 is 2.32 bits per heavy atom. The highest BCUT2D eigenvalue weighted by molar-refractivity contribution is 7.89. The van der Waals surface area contributed by atoms with Gasteiger partial charge in [-0.05, 0) is 49.2 Å². The Kier molecular flexibility index (Phi) is 6.05. The van der Waals surface area contributed by atoms with Crippen molar-refractivity contribution in [1.82, 2.24) is 14.6 Å². The van der Waals surface area contributed by atoms with Crippen molar-refractivity contribution in [3.05, 3.63) is 54.4 Å². The van der Waals surface area contributed by atoms with Crippen LogP contribution in [-0.4, -0.2) is 48.7 Å². The maximum Gasteiger partial charge on any atom is 0.270 e. The van der Waals surface area contributed by atoms with Gasteiger partial charge in [-0.2, -0.15) is 4.31 Å². The fraction of sp³-hybridized carbons (Fsp3) is 0.316. The Bertz CT molecular complexity index is 938. The lowest BCUT2D eigenvalue weighted by Crippen LogP contribution is -2.46. The molecule has 2 aromatic rings. The van der Waals surface area contributed by atoms with Crippen LogP contribution in [-0.2, 0) is 14.8 Å². The number of nitrogens with one attached hydrogen (secondary N) is 2. The van der Waals surface area contributed by atoms with E-state index in [0.717, 1.165) is 0 Å². The van der Waals surface area contributed by atoms with Crippen molar-refractivity contribution in [2.45, 2.75) is 30.7 Å². The van der Waals surface area contributed by atoms with Gasteiger partial charge >= 0.3 is 0 Å². The Morgan fingerprint density at radius 1 is 1.07 bits per heavy atom. The molecule has 0 aliphatic carbocycles. The van der Waals surface area contributed by atoms with E-state index in [9.17, 15) is 18.0 Å². The van der Waals surface area contributed by atoms with Crippen molar-refractivity contribution >= 4 is 27.5 Å². The van der Waals surface area contributed by atoms with Crippen LogP contribution in [0.2, 0.25) is 0 Å². The number of benzene rings is 1. The first kappa shape index (κ1) is 20.0. The highest BCUT2D eigenvalue weighted by atomic mass is 32.2. The zero-order valence-electron chi connectivity index (χ0n) is 15.5. The van der Waals surface area contributed by atoms with Crippen LogP contribution in [0.15, 0.2) is 53.6 Å². The van der Waals surface area contributed by atoms with Crippen LogP contribution in [0.1, 0.15) is 30.3 Å². The summed E-state index contributed by atoms with van der Waals surface area (Å²) in [6, 6.07) is 11.1. The maximum atomic E-state index is 12.8. The molecule has 1 aliphatic rings. The molecule has 8 nitrogen and oxygen atoms in total. The van der Waals surface area contributed by atoms with Gasteiger partial charge in [0, 0.05) is 37.9 Å². The summed E-state index contributed by atoms with van der Waals surface area (Å²) in [5, 5.41) is 5.52. The minimum absolute atomic E-state index is 0.0944. The molecule has 28 heavy (non-hydrogen) atoms. The molecule has 0 saturated carbocycles. The number of hydrogen-bond donors (Lipinski definition) is 2. The number of amides is 2. The van der Waals surface area contributed by atoms with Gasteiger partial charge in [0.05, 0.1) is 4.90 Å². The molecule has 2 heterocycles. The third-order valence-corrected chi connectivity index (χ3v) is 6.41. The smallest absolute Gasteiger partial charge is 0.270 e. The number of rotatable bonds is 5. The van der Waals surface area contributed by atoms with Crippen molar-refractivity contribution in [2.75, 3.05) is 18.4 Å². The van der Waals surface area contributed by atoms with Gasteiger partial charge in [0.1, 0.15) is 5.69 Å². The average molecular weight is 402 g/mol. The molecule has 0 spiro atoms. The Hall–Kier alpha value is -2.78. The molecule has 0 atom stereocenters. The van der Waals surface area contributed by atoms with Crippen molar-refractivity contribution in [1.29, 1.82) is 0 Å². The number of pyridine rings is 1.